The quantitative estimate of drug-likeness (QED) is 0.506. The number of benzene rings is 2. The Morgan fingerprint density at radius 3 is 2.57 bits per heavy atom. The first-order valence-corrected chi connectivity index (χ1v) is 7.22. The Bertz CT molecular complexity index is 704. The summed E-state index contributed by atoms with van der Waals surface area (Å²) >= 11 is 0. The monoisotopic (exact) mass is 453 g/mol. The van der Waals surface area contributed by atoms with Crippen LogP contribution in [0.4, 0.5) is 0 Å². The summed E-state index contributed by atoms with van der Waals surface area (Å²) in [5.41, 5.74) is 3.41. The minimum absolute atomic E-state index is 0. The van der Waals surface area contributed by atoms with E-state index in [-0.39, 0.29) is 20.1 Å². The molecule has 0 amide bonds. The Morgan fingerprint density at radius 2 is 1.86 bits per heavy atom. The van der Waals surface area contributed by atoms with Crippen molar-refractivity contribution in [3.05, 3.63) is 66.4 Å². The van der Waals surface area contributed by atoms with Gasteiger partial charge in [0.1, 0.15) is 0 Å². The summed E-state index contributed by atoms with van der Waals surface area (Å²) in [6, 6.07) is 20.2. The van der Waals surface area contributed by atoms with Crippen molar-refractivity contribution in [1.29, 1.82) is 0 Å². The maximum Gasteiger partial charge on any atom is 0.0239 e. The summed E-state index contributed by atoms with van der Waals surface area (Å²) in [6.45, 7) is 2.22. The second kappa shape index (κ2) is 7.49. The molecule has 0 aliphatic heterocycles. The molecular formula is C19H18IrN-. The van der Waals surface area contributed by atoms with Crippen molar-refractivity contribution in [3.8, 4) is 11.3 Å². The van der Waals surface area contributed by atoms with Crippen LogP contribution in [0.15, 0.2) is 54.7 Å². The summed E-state index contributed by atoms with van der Waals surface area (Å²) in [5.74, 6) is 0. The van der Waals surface area contributed by atoms with Crippen LogP contribution in [0.3, 0.4) is 0 Å². The SMILES string of the molecule is CCCCc1c[c-]c(-c2cc3ccccc3cn2)cc1.[Ir]. The summed E-state index contributed by atoms with van der Waals surface area (Å²) < 4.78 is 0. The number of pyridine rings is 1. The van der Waals surface area contributed by atoms with Crippen LogP contribution in [0.2, 0.25) is 0 Å². The van der Waals surface area contributed by atoms with Gasteiger partial charge >= 0.3 is 0 Å². The van der Waals surface area contributed by atoms with Crippen LogP contribution in [-0.2, 0) is 26.5 Å². The van der Waals surface area contributed by atoms with Gasteiger partial charge < -0.3 is 4.98 Å². The fourth-order valence-corrected chi connectivity index (χ4v) is 2.38. The zero-order valence-corrected chi connectivity index (χ0v) is 14.5. The van der Waals surface area contributed by atoms with Crippen LogP contribution in [0, 0.1) is 6.07 Å². The fourth-order valence-electron chi connectivity index (χ4n) is 2.38. The number of aromatic nitrogens is 1. The van der Waals surface area contributed by atoms with Crippen molar-refractivity contribution in [2.24, 2.45) is 0 Å². The molecule has 1 heterocycles. The summed E-state index contributed by atoms with van der Waals surface area (Å²) in [4.78, 5) is 4.54. The minimum Gasteiger partial charge on any atom is -0.304 e. The molecule has 2 aromatic carbocycles. The van der Waals surface area contributed by atoms with Crippen LogP contribution >= 0.6 is 0 Å². The molecule has 21 heavy (non-hydrogen) atoms. The van der Waals surface area contributed by atoms with Gasteiger partial charge in [0.25, 0.3) is 0 Å². The van der Waals surface area contributed by atoms with Crippen molar-refractivity contribution >= 4 is 10.8 Å². The topological polar surface area (TPSA) is 12.9 Å². The van der Waals surface area contributed by atoms with Crippen LogP contribution < -0.4 is 0 Å². The smallest absolute Gasteiger partial charge is 0.0239 e. The van der Waals surface area contributed by atoms with Gasteiger partial charge in [0.15, 0.2) is 0 Å². The van der Waals surface area contributed by atoms with Gasteiger partial charge in [0.05, 0.1) is 0 Å². The van der Waals surface area contributed by atoms with E-state index in [9.17, 15) is 0 Å². The predicted molar refractivity (Wildman–Crippen MR) is 84.6 cm³/mol. The second-order valence-electron chi connectivity index (χ2n) is 5.13. The summed E-state index contributed by atoms with van der Waals surface area (Å²) in [5, 5.41) is 2.40. The normalized spacial score (nSPS) is 10.3. The van der Waals surface area contributed by atoms with Gasteiger partial charge in [0, 0.05) is 26.3 Å². The number of hydrogen-bond acceptors (Lipinski definition) is 1. The summed E-state index contributed by atoms with van der Waals surface area (Å²) in [6.07, 6.45) is 5.54. The Morgan fingerprint density at radius 1 is 1.05 bits per heavy atom. The van der Waals surface area contributed by atoms with Gasteiger partial charge in [-0.3, -0.25) is 0 Å². The third kappa shape index (κ3) is 3.78. The van der Waals surface area contributed by atoms with Crippen LogP contribution in [0.25, 0.3) is 22.0 Å². The molecule has 1 radical (unpaired) electrons. The van der Waals surface area contributed by atoms with Crippen molar-refractivity contribution in [1.82, 2.24) is 4.98 Å². The number of aryl methyl sites for hydroxylation is 1. The van der Waals surface area contributed by atoms with E-state index in [0.717, 1.165) is 17.7 Å². The van der Waals surface area contributed by atoms with Crippen molar-refractivity contribution < 1.29 is 20.1 Å². The third-order valence-corrected chi connectivity index (χ3v) is 3.60. The van der Waals surface area contributed by atoms with Gasteiger partial charge in [-0.25, -0.2) is 0 Å². The third-order valence-electron chi connectivity index (χ3n) is 3.60. The van der Waals surface area contributed by atoms with Gasteiger partial charge in [-0.1, -0.05) is 56.5 Å². The largest absolute Gasteiger partial charge is 0.304 e. The van der Waals surface area contributed by atoms with Gasteiger partial charge in [-0.15, -0.1) is 35.4 Å². The number of unbranched alkanes of at least 4 members (excludes halogenated alkanes) is 1. The molecule has 2 heteroatoms. The number of fused-ring (bicyclic) bond motifs is 1. The van der Waals surface area contributed by atoms with Crippen molar-refractivity contribution in [3.63, 3.8) is 0 Å². The molecule has 0 fully saturated rings. The molecule has 3 rings (SSSR count). The molecule has 0 N–H and O–H groups in total. The molecule has 0 spiro atoms. The Balaban J connectivity index is 0.00000161. The van der Waals surface area contributed by atoms with Crippen molar-refractivity contribution in [2.75, 3.05) is 0 Å². The zero-order chi connectivity index (χ0) is 13.8. The maximum absolute atomic E-state index is 4.54. The maximum atomic E-state index is 4.54. The Labute approximate surface area is 139 Å². The predicted octanol–water partition coefficient (Wildman–Crippen LogP) is 5.04. The molecule has 3 aromatic rings. The zero-order valence-electron chi connectivity index (χ0n) is 12.1. The van der Waals surface area contributed by atoms with Gasteiger partial charge in [-0.05, 0) is 16.5 Å². The standard InChI is InChI=1S/C19H18N.Ir/c1-2-3-6-15-9-11-16(12-10-15)19-13-17-7-4-5-8-18(17)14-20-19;/h4-5,7-11,13-14H,2-3,6H2,1H3;/q-1;. The van der Waals surface area contributed by atoms with E-state index in [1.807, 2.05) is 12.3 Å². The number of rotatable bonds is 4. The average Bonchev–Trinajstić information content (AvgIpc) is 2.53. The van der Waals surface area contributed by atoms with Crippen LogP contribution in [0.5, 0.6) is 0 Å². The Hall–Kier alpha value is -1.50. The molecule has 1 aromatic heterocycles. The molecule has 0 aliphatic carbocycles. The first-order valence-electron chi connectivity index (χ1n) is 7.22. The molecule has 0 unspecified atom stereocenters. The Kier molecular flexibility index (Phi) is 5.66. The number of nitrogens with zero attached hydrogens (tertiary/aromatic N) is 1. The van der Waals surface area contributed by atoms with Crippen LogP contribution in [0.1, 0.15) is 25.3 Å². The van der Waals surface area contributed by atoms with E-state index in [0.29, 0.717) is 0 Å². The van der Waals surface area contributed by atoms with Crippen LogP contribution in [-0.4, -0.2) is 4.98 Å². The van der Waals surface area contributed by atoms with E-state index < -0.39 is 0 Å². The molecule has 1 nitrogen and oxygen atoms in total. The van der Waals surface area contributed by atoms with E-state index in [1.54, 1.807) is 0 Å². The minimum atomic E-state index is 0. The van der Waals surface area contributed by atoms with E-state index >= 15 is 0 Å². The van der Waals surface area contributed by atoms with E-state index in [4.69, 9.17) is 0 Å². The molecule has 109 valence electrons. The molecule has 0 atom stereocenters. The molecule has 0 saturated heterocycles. The first-order chi connectivity index (χ1) is 9.86. The first kappa shape index (κ1) is 15.9. The van der Waals surface area contributed by atoms with Gasteiger partial charge in [0.2, 0.25) is 0 Å². The van der Waals surface area contributed by atoms with E-state index in [2.05, 4.69) is 60.4 Å². The second-order valence-corrected chi connectivity index (χ2v) is 5.13. The molecule has 0 saturated carbocycles. The molecular weight excluding hydrogens is 434 g/mol. The van der Waals surface area contributed by atoms with Crippen molar-refractivity contribution in [2.45, 2.75) is 26.2 Å². The average molecular weight is 453 g/mol. The molecule has 0 bridgehead atoms. The molecule has 0 aliphatic rings. The number of hydrogen-bond donors (Lipinski definition) is 0. The van der Waals surface area contributed by atoms with E-state index in [1.165, 1.54) is 29.2 Å². The summed E-state index contributed by atoms with van der Waals surface area (Å²) in [7, 11) is 0. The fraction of sp³-hybridized carbons (Fsp3) is 0.211. The van der Waals surface area contributed by atoms with Gasteiger partial charge in [-0.2, -0.15) is 0 Å².